The van der Waals surface area contributed by atoms with Crippen LogP contribution in [-0.4, -0.2) is 15.0 Å². The number of aromatic nitrogens is 3. The van der Waals surface area contributed by atoms with Crippen LogP contribution in [0.2, 0.25) is 5.02 Å². The van der Waals surface area contributed by atoms with Crippen LogP contribution in [0.25, 0.3) is 5.69 Å². The van der Waals surface area contributed by atoms with Crippen LogP contribution in [0.15, 0.2) is 30.6 Å². The minimum atomic E-state index is 0.666. The molecule has 0 aliphatic rings. The summed E-state index contributed by atoms with van der Waals surface area (Å²) in [6.07, 6.45) is 3.36. The first-order chi connectivity index (χ1) is 5.86. The summed E-state index contributed by atoms with van der Waals surface area (Å²) >= 11 is 5.70. The average Bonchev–Trinajstić information content (AvgIpc) is 2.58. The lowest BCUT2D eigenvalue weighted by atomic mass is 10.3. The van der Waals surface area contributed by atoms with Crippen molar-refractivity contribution in [3.05, 3.63) is 41.7 Å². The molecule has 2 aromatic rings. The molecule has 1 aromatic heterocycles. The first-order valence-corrected chi connectivity index (χ1v) is 3.78. The quantitative estimate of drug-likeness (QED) is 0.666. The number of rotatable bonds is 1. The number of halogens is 1. The van der Waals surface area contributed by atoms with Gasteiger partial charge < -0.3 is 0 Å². The molecule has 0 atom stereocenters. The van der Waals surface area contributed by atoms with E-state index < -0.39 is 0 Å². The summed E-state index contributed by atoms with van der Waals surface area (Å²) in [5, 5.41) is 8.16. The van der Waals surface area contributed by atoms with Crippen molar-refractivity contribution in [3.63, 3.8) is 0 Å². The van der Waals surface area contributed by atoms with Crippen LogP contribution in [0, 0.1) is 6.07 Å². The molecule has 12 heavy (non-hydrogen) atoms. The lowest BCUT2D eigenvalue weighted by Gasteiger charge is -1.97. The van der Waals surface area contributed by atoms with Gasteiger partial charge in [-0.05, 0) is 18.2 Å². The maximum Gasteiger partial charge on any atom is 0.0743 e. The van der Waals surface area contributed by atoms with E-state index in [4.69, 9.17) is 11.6 Å². The number of hydrogen-bond donors (Lipinski definition) is 0. The number of benzene rings is 1. The van der Waals surface area contributed by atoms with Crippen LogP contribution in [0.4, 0.5) is 0 Å². The smallest absolute Gasteiger partial charge is 0.0743 e. The van der Waals surface area contributed by atoms with E-state index in [1.165, 1.54) is 0 Å². The molecule has 0 N–H and O–H groups in total. The van der Waals surface area contributed by atoms with Crippen LogP contribution in [0.5, 0.6) is 0 Å². The van der Waals surface area contributed by atoms with Gasteiger partial charge in [-0.1, -0.05) is 16.8 Å². The maximum atomic E-state index is 5.70. The van der Waals surface area contributed by atoms with Crippen molar-refractivity contribution >= 4 is 11.6 Å². The van der Waals surface area contributed by atoms with Crippen molar-refractivity contribution in [2.75, 3.05) is 0 Å². The zero-order valence-electron chi connectivity index (χ0n) is 6.11. The SMILES string of the molecule is Clc1c[c]c(-n2ccnn2)cc1. The Morgan fingerprint density at radius 3 is 2.92 bits per heavy atom. The highest BCUT2D eigenvalue weighted by molar-refractivity contribution is 6.30. The molecule has 0 unspecified atom stereocenters. The standard InChI is InChI=1S/C8H5ClN3/c9-7-1-3-8(4-2-7)12-6-5-10-11-12/h1-3,5-6H. The molecule has 1 aromatic carbocycles. The molecule has 0 saturated heterocycles. The molecule has 0 aliphatic heterocycles. The van der Waals surface area contributed by atoms with Gasteiger partial charge in [0, 0.05) is 11.1 Å². The molecule has 0 saturated carbocycles. The molecule has 0 fully saturated rings. The van der Waals surface area contributed by atoms with Gasteiger partial charge in [0.1, 0.15) is 0 Å². The van der Waals surface area contributed by atoms with Crippen molar-refractivity contribution in [2.24, 2.45) is 0 Å². The van der Waals surface area contributed by atoms with Crippen LogP contribution in [-0.2, 0) is 0 Å². The predicted molar refractivity (Wildman–Crippen MR) is 45.2 cm³/mol. The molecule has 1 heterocycles. The van der Waals surface area contributed by atoms with Crippen LogP contribution >= 0.6 is 11.6 Å². The summed E-state index contributed by atoms with van der Waals surface area (Å²) in [5.41, 5.74) is 0.830. The second-order valence-corrected chi connectivity index (χ2v) is 2.68. The average molecular weight is 179 g/mol. The molecule has 0 bridgehead atoms. The topological polar surface area (TPSA) is 30.7 Å². The monoisotopic (exact) mass is 178 g/mol. The minimum absolute atomic E-state index is 0.666. The fourth-order valence-corrected chi connectivity index (χ4v) is 0.994. The molecule has 2 rings (SSSR count). The van der Waals surface area contributed by atoms with Crippen molar-refractivity contribution in [1.29, 1.82) is 0 Å². The lowest BCUT2D eigenvalue weighted by molar-refractivity contribution is 0.802. The highest BCUT2D eigenvalue weighted by atomic mass is 35.5. The second kappa shape index (κ2) is 2.95. The summed E-state index contributed by atoms with van der Waals surface area (Å²) in [7, 11) is 0. The number of hydrogen-bond acceptors (Lipinski definition) is 2. The third kappa shape index (κ3) is 1.31. The Kier molecular flexibility index (Phi) is 1.80. The van der Waals surface area contributed by atoms with E-state index in [1.54, 1.807) is 29.2 Å². The van der Waals surface area contributed by atoms with Crippen molar-refractivity contribution in [1.82, 2.24) is 15.0 Å². The zero-order chi connectivity index (χ0) is 8.39. The normalized spacial score (nSPS) is 10.1. The second-order valence-electron chi connectivity index (χ2n) is 2.24. The van der Waals surface area contributed by atoms with E-state index in [1.807, 2.05) is 6.07 Å². The third-order valence-electron chi connectivity index (χ3n) is 1.43. The Morgan fingerprint density at radius 1 is 1.42 bits per heavy atom. The molecular formula is C8H5ClN3. The summed E-state index contributed by atoms with van der Waals surface area (Å²) < 4.78 is 1.62. The first kappa shape index (κ1) is 7.31. The fraction of sp³-hybridized carbons (Fsp3) is 0. The molecule has 0 aliphatic carbocycles. The zero-order valence-corrected chi connectivity index (χ0v) is 6.86. The van der Waals surface area contributed by atoms with E-state index in [0.29, 0.717) is 5.02 Å². The lowest BCUT2D eigenvalue weighted by Crippen LogP contribution is -1.94. The van der Waals surface area contributed by atoms with Gasteiger partial charge in [-0.15, -0.1) is 5.10 Å². The van der Waals surface area contributed by atoms with Gasteiger partial charge >= 0.3 is 0 Å². The van der Waals surface area contributed by atoms with E-state index in [0.717, 1.165) is 5.69 Å². The van der Waals surface area contributed by atoms with Crippen LogP contribution in [0.3, 0.4) is 0 Å². The van der Waals surface area contributed by atoms with Gasteiger partial charge in [-0.2, -0.15) is 0 Å². The summed E-state index contributed by atoms with van der Waals surface area (Å²) in [4.78, 5) is 0. The van der Waals surface area contributed by atoms with E-state index >= 15 is 0 Å². The van der Waals surface area contributed by atoms with Crippen molar-refractivity contribution in [3.8, 4) is 5.69 Å². The predicted octanol–water partition coefficient (Wildman–Crippen LogP) is 1.72. The molecule has 0 amide bonds. The Morgan fingerprint density at radius 2 is 2.33 bits per heavy atom. The van der Waals surface area contributed by atoms with Gasteiger partial charge in [0.05, 0.1) is 18.1 Å². The molecular weight excluding hydrogens is 174 g/mol. The largest absolute Gasteiger partial charge is 0.220 e. The summed E-state index contributed by atoms with van der Waals surface area (Å²) in [6.45, 7) is 0. The van der Waals surface area contributed by atoms with Gasteiger partial charge in [0.15, 0.2) is 0 Å². The Labute approximate surface area is 74.6 Å². The third-order valence-corrected chi connectivity index (χ3v) is 1.66. The first-order valence-electron chi connectivity index (χ1n) is 3.40. The molecule has 4 heteroatoms. The fourth-order valence-electron chi connectivity index (χ4n) is 0.877. The van der Waals surface area contributed by atoms with E-state index in [9.17, 15) is 0 Å². The van der Waals surface area contributed by atoms with E-state index in [-0.39, 0.29) is 0 Å². The van der Waals surface area contributed by atoms with Gasteiger partial charge in [-0.3, -0.25) is 0 Å². The minimum Gasteiger partial charge on any atom is -0.220 e. The van der Waals surface area contributed by atoms with Crippen molar-refractivity contribution in [2.45, 2.75) is 0 Å². The van der Waals surface area contributed by atoms with Crippen LogP contribution in [0.1, 0.15) is 0 Å². The molecule has 59 valence electrons. The van der Waals surface area contributed by atoms with Crippen molar-refractivity contribution < 1.29 is 0 Å². The van der Waals surface area contributed by atoms with E-state index in [2.05, 4.69) is 16.4 Å². The maximum absolute atomic E-state index is 5.70. The van der Waals surface area contributed by atoms with Crippen LogP contribution < -0.4 is 0 Å². The molecule has 3 nitrogen and oxygen atoms in total. The highest BCUT2D eigenvalue weighted by Crippen LogP contribution is 2.10. The highest BCUT2D eigenvalue weighted by Gasteiger charge is 1.95. The Hall–Kier alpha value is -1.35. The molecule has 0 spiro atoms. The number of nitrogens with zero attached hydrogens (tertiary/aromatic N) is 3. The molecule has 1 radical (unpaired) electrons. The van der Waals surface area contributed by atoms with Gasteiger partial charge in [0.2, 0.25) is 0 Å². The van der Waals surface area contributed by atoms with Gasteiger partial charge in [-0.25, -0.2) is 4.68 Å². The summed E-state index contributed by atoms with van der Waals surface area (Å²) in [5.74, 6) is 0. The van der Waals surface area contributed by atoms with Gasteiger partial charge in [0.25, 0.3) is 0 Å². The Bertz CT molecular complexity index is 352. The summed E-state index contributed by atoms with van der Waals surface area (Å²) in [6, 6.07) is 8.28. The Balaban J connectivity index is 2.43.